The predicted molar refractivity (Wildman–Crippen MR) is 38.3 cm³/mol. The Morgan fingerprint density at radius 3 is 3.00 bits per heavy atom. The van der Waals surface area contributed by atoms with Crippen LogP contribution in [0.15, 0.2) is 12.4 Å². The second-order valence-corrected chi connectivity index (χ2v) is 2.15. The van der Waals surface area contributed by atoms with E-state index in [0.717, 1.165) is 6.20 Å². The molecular weight excluding hydrogens is 147 g/mol. The van der Waals surface area contributed by atoms with Crippen molar-refractivity contribution in [1.82, 2.24) is 15.2 Å². The van der Waals surface area contributed by atoms with Gasteiger partial charge in [-0.15, -0.1) is 0 Å². The number of nitrogens with one attached hydrogen (secondary N) is 1. The van der Waals surface area contributed by atoms with Gasteiger partial charge in [-0.25, -0.2) is 4.39 Å². The average Bonchev–Trinajstić information content (AvgIpc) is 2.34. The Bertz CT molecular complexity index is 394. The van der Waals surface area contributed by atoms with Crippen LogP contribution in [0.4, 0.5) is 10.2 Å². The van der Waals surface area contributed by atoms with Gasteiger partial charge in [0.15, 0.2) is 11.6 Å². The van der Waals surface area contributed by atoms with E-state index in [1.54, 1.807) is 0 Å². The van der Waals surface area contributed by atoms with Crippen molar-refractivity contribution in [1.29, 1.82) is 0 Å². The van der Waals surface area contributed by atoms with E-state index in [2.05, 4.69) is 15.2 Å². The van der Waals surface area contributed by atoms with Crippen LogP contribution in [0.2, 0.25) is 0 Å². The fourth-order valence-corrected chi connectivity index (χ4v) is 0.956. The van der Waals surface area contributed by atoms with Crippen LogP contribution < -0.4 is 5.73 Å². The third-order valence-corrected chi connectivity index (χ3v) is 1.45. The molecule has 2 aromatic heterocycles. The molecule has 0 saturated carbocycles. The van der Waals surface area contributed by atoms with Crippen molar-refractivity contribution in [3.63, 3.8) is 0 Å². The molecule has 0 unspecified atom stereocenters. The van der Waals surface area contributed by atoms with E-state index in [1.807, 2.05) is 0 Å². The summed E-state index contributed by atoms with van der Waals surface area (Å²) in [4.78, 5) is 3.62. The number of nitrogens with zero attached hydrogens (tertiary/aromatic N) is 2. The van der Waals surface area contributed by atoms with Gasteiger partial charge in [0.2, 0.25) is 0 Å². The molecule has 0 radical (unpaired) electrons. The lowest BCUT2D eigenvalue weighted by atomic mass is 10.3. The van der Waals surface area contributed by atoms with Crippen LogP contribution >= 0.6 is 0 Å². The van der Waals surface area contributed by atoms with Crippen LogP contribution in [-0.2, 0) is 0 Å². The lowest BCUT2D eigenvalue weighted by molar-refractivity contribution is 0.634. The Kier molecular flexibility index (Phi) is 1.06. The normalized spacial score (nSPS) is 10.6. The highest BCUT2D eigenvalue weighted by atomic mass is 19.1. The maximum Gasteiger partial charge on any atom is 0.156 e. The zero-order valence-electron chi connectivity index (χ0n) is 5.50. The van der Waals surface area contributed by atoms with Gasteiger partial charge in [0.1, 0.15) is 0 Å². The van der Waals surface area contributed by atoms with Gasteiger partial charge in [-0.05, 0) is 0 Å². The van der Waals surface area contributed by atoms with Crippen molar-refractivity contribution in [3.8, 4) is 0 Å². The quantitative estimate of drug-likeness (QED) is 0.583. The molecule has 0 spiro atoms. The minimum Gasteiger partial charge on any atom is -0.382 e. The SMILES string of the molecule is Nc1n[nH]c2cncc(F)c12. The van der Waals surface area contributed by atoms with Crippen LogP contribution in [0.25, 0.3) is 10.9 Å². The summed E-state index contributed by atoms with van der Waals surface area (Å²) in [6, 6.07) is 0. The molecule has 0 bridgehead atoms. The minimum atomic E-state index is -0.450. The number of aromatic nitrogens is 3. The number of rotatable bonds is 0. The monoisotopic (exact) mass is 152 g/mol. The van der Waals surface area contributed by atoms with E-state index in [1.165, 1.54) is 6.20 Å². The first-order valence-electron chi connectivity index (χ1n) is 3.02. The largest absolute Gasteiger partial charge is 0.382 e. The molecule has 3 N–H and O–H groups in total. The second-order valence-electron chi connectivity index (χ2n) is 2.15. The minimum absolute atomic E-state index is 0.167. The number of nitrogen functional groups attached to an aromatic ring is 1. The van der Waals surface area contributed by atoms with E-state index in [9.17, 15) is 4.39 Å². The molecule has 2 heterocycles. The number of pyridine rings is 1. The topological polar surface area (TPSA) is 67.6 Å². The number of anilines is 1. The molecule has 0 aliphatic rings. The first kappa shape index (κ1) is 6.09. The number of hydrogen-bond acceptors (Lipinski definition) is 3. The maximum atomic E-state index is 12.9. The number of H-pyrrole nitrogens is 1. The summed E-state index contributed by atoms with van der Waals surface area (Å²) in [5.74, 6) is -0.284. The van der Waals surface area contributed by atoms with Crippen LogP contribution in [0, 0.1) is 5.82 Å². The molecule has 0 aliphatic heterocycles. The van der Waals surface area contributed by atoms with E-state index < -0.39 is 5.82 Å². The van der Waals surface area contributed by atoms with Gasteiger partial charge in [-0.1, -0.05) is 0 Å². The van der Waals surface area contributed by atoms with Crippen molar-refractivity contribution >= 4 is 16.7 Å². The number of halogens is 1. The van der Waals surface area contributed by atoms with Gasteiger partial charge < -0.3 is 5.73 Å². The Morgan fingerprint density at radius 2 is 2.27 bits per heavy atom. The Balaban J connectivity index is 2.96. The predicted octanol–water partition coefficient (Wildman–Crippen LogP) is 0.679. The zero-order valence-corrected chi connectivity index (χ0v) is 5.50. The summed E-state index contributed by atoms with van der Waals surface area (Å²) in [6.45, 7) is 0. The summed E-state index contributed by atoms with van der Waals surface area (Å²) in [5, 5.41) is 6.49. The lowest BCUT2D eigenvalue weighted by Gasteiger charge is -1.89. The summed E-state index contributed by atoms with van der Waals surface area (Å²) >= 11 is 0. The second kappa shape index (κ2) is 1.91. The van der Waals surface area contributed by atoms with Gasteiger partial charge in [0.05, 0.1) is 23.3 Å². The summed E-state index contributed by atoms with van der Waals surface area (Å²) in [5.41, 5.74) is 5.88. The van der Waals surface area contributed by atoms with Gasteiger partial charge in [0.25, 0.3) is 0 Å². The molecule has 2 aromatic rings. The van der Waals surface area contributed by atoms with Gasteiger partial charge in [0, 0.05) is 0 Å². The molecule has 56 valence electrons. The highest BCUT2D eigenvalue weighted by Crippen LogP contribution is 2.18. The van der Waals surface area contributed by atoms with Crippen molar-refractivity contribution in [2.75, 3.05) is 5.73 Å². The highest BCUT2D eigenvalue weighted by molar-refractivity contribution is 5.88. The Labute approximate surface area is 61.2 Å². The van der Waals surface area contributed by atoms with Crippen LogP contribution in [-0.4, -0.2) is 15.2 Å². The molecule has 0 saturated heterocycles. The fourth-order valence-electron chi connectivity index (χ4n) is 0.956. The zero-order chi connectivity index (χ0) is 7.84. The van der Waals surface area contributed by atoms with E-state index in [-0.39, 0.29) is 5.82 Å². The number of aromatic amines is 1. The first-order valence-corrected chi connectivity index (χ1v) is 3.02. The molecule has 0 aliphatic carbocycles. The van der Waals surface area contributed by atoms with Crippen LogP contribution in [0.1, 0.15) is 0 Å². The van der Waals surface area contributed by atoms with Crippen LogP contribution in [0.3, 0.4) is 0 Å². The molecule has 0 atom stereocenters. The molecule has 0 amide bonds. The summed E-state index contributed by atoms with van der Waals surface area (Å²) in [7, 11) is 0. The average molecular weight is 152 g/mol. The van der Waals surface area contributed by atoms with Gasteiger partial charge >= 0.3 is 0 Å². The van der Waals surface area contributed by atoms with E-state index in [4.69, 9.17) is 5.73 Å². The highest BCUT2D eigenvalue weighted by Gasteiger charge is 2.06. The van der Waals surface area contributed by atoms with Gasteiger partial charge in [-0.2, -0.15) is 5.10 Å². The third kappa shape index (κ3) is 0.739. The number of fused-ring (bicyclic) bond motifs is 1. The molecular formula is C6H5FN4. The Hall–Kier alpha value is -1.65. The molecule has 5 heteroatoms. The van der Waals surface area contributed by atoms with Crippen molar-refractivity contribution < 1.29 is 4.39 Å². The lowest BCUT2D eigenvalue weighted by Crippen LogP contribution is -1.86. The molecule has 4 nitrogen and oxygen atoms in total. The number of hydrogen-bond donors (Lipinski definition) is 2. The smallest absolute Gasteiger partial charge is 0.156 e. The molecule has 0 fully saturated rings. The van der Waals surface area contributed by atoms with E-state index in [0.29, 0.717) is 10.9 Å². The van der Waals surface area contributed by atoms with Gasteiger partial charge in [-0.3, -0.25) is 10.1 Å². The Morgan fingerprint density at radius 1 is 1.45 bits per heavy atom. The maximum absolute atomic E-state index is 12.9. The third-order valence-electron chi connectivity index (χ3n) is 1.45. The first-order chi connectivity index (χ1) is 5.29. The standard InChI is InChI=1S/C6H5FN4/c7-3-1-9-2-4-5(3)6(8)11-10-4/h1-2H,(H3,8,10,11). The fraction of sp³-hybridized carbons (Fsp3) is 0. The van der Waals surface area contributed by atoms with Crippen molar-refractivity contribution in [3.05, 3.63) is 18.2 Å². The van der Waals surface area contributed by atoms with Crippen molar-refractivity contribution in [2.24, 2.45) is 0 Å². The van der Waals surface area contributed by atoms with Crippen molar-refractivity contribution in [2.45, 2.75) is 0 Å². The molecule has 2 rings (SSSR count). The van der Waals surface area contributed by atoms with E-state index >= 15 is 0 Å². The number of nitrogens with two attached hydrogens (primary N) is 1. The molecule has 0 aromatic carbocycles. The van der Waals surface area contributed by atoms with Crippen LogP contribution in [0.5, 0.6) is 0 Å². The molecule has 11 heavy (non-hydrogen) atoms. The summed E-state index contributed by atoms with van der Waals surface area (Å²) in [6.07, 6.45) is 2.58. The summed E-state index contributed by atoms with van der Waals surface area (Å²) < 4.78 is 12.9.